The predicted molar refractivity (Wildman–Crippen MR) is 82.4 cm³/mol. The molecule has 9 heteroatoms. The Labute approximate surface area is 134 Å². The minimum absolute atomic E-state index is 0.194. The number of aromatic nitrogens is 4. The molecule has 0 bridgehead atoms. The minimum Gasteiger partial charge on any atom is -0.376 e. The Morgan fingerprint density at radius 2 is 1.96 bits per heavy atom. The number of imidazole rings is 1. The van der Waals surface area contributed by atoms with Gasteiger partial charge in [-0.25, -0.2) is 9.55 Å². The molecule has 1 aliphatic rings. The highest BCUT2D eigenvalue weighted by Gasteiger charge is 2.44. The van der Waals surface area contributed by atoms with Crippen LogP contribution in [0.3, 0.4) is 0 Å². The molecule has 0 aliphatic carbocycles. The fourth-order valence-corrected chi connectivity index (χ4v) is 3.10. The zero-order chi connectivity index (χ0) is 16.6. The van der Waals surface area contributed by atoms with Crippen molar-refractivity contribution in [2.45, 2.75) is 31.0 Å². The smallest absolute Gasteiger partial charge is 0.250 e. The normalized spacial score (nSPS) is 27.8. The zero-order valence-electron chi connectivity index (χ0n) is 13.5. The van der Waals surface area contributed by atoms with Crippen LogP contribution in [0.4, 0.5) is 5.82 Å². The van der Waals surface area contributed by atoms with Gasteiger partial charge < -0.3 is 25.7 Å². The second-order valence-corrected chi connectivity index (χ2v) is 5.66. The number of nitrogens with two attached hydrogens (primary N) is 2. The molecule has 0 saturated carbocycles. The Kier molecular flexibility index (Phi) is 4.44. The Hall–Kier alpha value is -1.81. The van der Waals surface area contributed by atoms with Crippen molar-refractivity contribution in [3.05, 3.63) is 12.7 Å². The molecule has 4 unspecified atom stereocenters. The van der Waals surface area contributed by atoms with Crippen LogP contribution in [0.15, 0.2) is 12.7 Å². The van der Waals surface area contributed by atoms with E-state index in [2.05, 4.69) is 9.97 Å². The third-order valence-electron chi connectivity index (χ3n) is 4.35. The van der Waals surface area contributed by atoms with E-state index in [1.165, 1.54) is 0 Å². The van der Waals surface area contributed by atoms with Crippen LogP contribution in [-0.2, 0) is 27.8 Å². The number of hydrogen-bond donors (Lipinski definition) is 2. The molecule has 0 aromatic carbocycles. The second-order valence-electron chi connectivity index (χ2n) is 5.66. The lowest BCUT2D eigenvalue weighted by atomic mass is 10.1. The number of fused-ring (bicyclic) bond motifs is 1. The average Bonchev–Trinajstić information content (AvgIpc) is 3.12. The first kappa shape index (κ1) is 16.1. The third kappa shape index (κ3) is 2.65. The van der Waals surface area contributed by atoms with E-state index in [0.29, 0.717) is 30.1 Å². The minimum atomic E-state index is -0.205. The quantitative estimate of drug-likeness (QED) is 0.650. The van der Waals surface area contributed by atoms with Gasteiger partial charge in [0.1, 0.15) is 18.3 Å². The van der Waals surface area contributed by atoms with E-state index in [1.807, 2.05) is 11.6 Å². The lowest BCUT2D eigenvalue weighted by Gasteiger charge is -2.21. The summed E-state index contributed by atoms with van der Waals surface area (Å²) < 4.78 is 20.7. The van der Waals surface area contributed by atoms with Crippen molar-refractivity contribution in [1.82, 2.24) is 14.5 Å². The van der Waals surface area contributed by atoms with Crippen LogP contribution in [0, 0.1) is 0 Å². The highest BCUT2D eigenvalue weighted by atomic mass is 16.6. The largest absolute Gasteiger partial charge is 0.376 e. The molecule has 1 aliphatic heterocycles. The molecule has 1 fully saturated rings. The predicted octanol–water partition coefficient (Wildman–Crippen LogP) is -1.41. The maximum absolute atomic E-state index is 6.04. The van der Waals surface area contributed by atoms with Crippen molar-refractivity contribution in [3.8, 4) is 0 Å². The first-order chi connectivity index (χ1) is 11.1. The number of ether oxygens (including phenoxy) is 3. The molecule has 4 atom stereocenters. The fraction of sp³-hybridized carbons (Fsp3) is 0.643. The Bertz CT molecular complexity index is 690. The molecular weight excluding hydrogens is 300 g/mol. The molecule has 1 saturated heterocycles. The summed E-state index contributed by atoms with van der Waals surface area (Å²) in [4.78, 5) is 8.76. The van der Waals surface area contributed by atoms with E-state index in [4.69, 9.17) is 25.7 Å². The van der Waals surface area contributed by atoms with Gasteiger partial charge in [-0.2, -0.15) is 0 Å². The Balaban J connectivity index is 1.88. The first-order valence-electron chi connectivity index (χ1n) is 7.46. The Morgan fingerprint density at radius 3 is 2.61 bits per heavy atom. The van der Waals surface area contributed by atoms with Gasteiger partial charge in [-0.1, -0.05) is 4.98 Å². The number of nitrogens with zero attached hydrogens (tertiary/aromatic N) is 4. The monoisotopic (exact) mass is 323 g/mol. The maximum atomic E-state index is 6.04. The van der Waals surface area contributed by atoms with Gasteiger partial charge in [0, 0.05) is 20.8 Å². The Morgan fingerprint density at radius 1 is 1.26 bits per heavy atom. The third-order valence-corrected chi connectivity index (χ3v) is 4.35. The summed E-state index contributed by atoms with van der Waals surface area (Å²) in [6.07, 6.45) is 2.58. The van der Waals surface area contributed by atoms with Crippen LogP contribution in [0.5, 0.6) is 0 Å². The zero-order valence-corrected chi connectivity index (χ0v) is 13.5. The van der Waals surface area contributed by atoms with E-state index in [9.17, 15) is 0 Å². The van der Waals surface area contributed by atoms with Crippen LogP contribution in [0.2, 0.25) is 0 Å². The van der Waals surface area contributed by atoms with Gasteiger partial charge in [0.15, 0.2) is 5.52 Å². The summed E-state index contributed by atoms with van der Waals surface area (Å²) >= 11 is 0. The number of hydrogen-bond acceptors (Lipinski definition) is 7. The van der Waals surface area contributed by atoms with Gasteiger partial charge in [-0.3, -0.25) is 4.57 Å². The number of aryl methyl sites for hydroxylation is 1. The van der Waals surface area contributed by atoms with Crippen molar-refractivity contribution in [1.29, 1.82) is 0 Å². The van der Waals surface area contributed by atoms with Crippen molar-refractivity contribution < 1.29 is 18.8 Å². The number of nitrogen functional groups attached to an aromatic ring is 1. The van der Waals surface area contributed by atoms with Crippen molar-refractivity contribution in [3.63, 3.8) is 0 Å². The highest BCUT2D eigenvalue weighted by molar-refractivity contribution is 5.79. The van der Waals surface area contributed by atoms with Crippen LogP contribution in [-0.4, -0.2) is 59.7 Å². The number of anilines is 1. The van der Waals surface area contributed by atoms with Gasteiger partial charge in [0.05, 0.1) is 26.0 Å². The standard InChI is InChI=1S/C14H22N6O3/c1-19-6-18-14-10(13(19)16)17-7-20(14)5-9-12(22-3)11(21-2)8(4-15)23-9/h6-9,11-12,16H,4-5,15H2,1-3H3/p+1. The van der Waals surface area contributed by atoms with E-state index in [1.54, 1.807) is 31.4 Å². The van der Waals surface area contributed by atoms with Crippen molar-refractivity contribution in [2.24, 2.45) is 12.8 Å². The summed E-state index contributed by atoms with van der Waals surface area (Å²) in [6, 6.07) is 0. The number of methoxy groups -OCH3 is 2. The summed E-state index contributed by atoms with van der Waals surface area (Å²) in [6.45, 7) is 0.909. The lowest BCUT2D eigenvalue weighted by Crippen LogP contribution is -2.39. The maximum Gasteiger partial charge on any atom is 0.250 e. The van der Waals surface area contributed by atoms with E-state index in [0.717, 1.165) is 0 Å². The topological polar surface area (TPSA) is 114 Å². The summed E-state index contributed by atoms with van der Waals surface area (Å²) in [5.41, 5.74) is 13.2. The van der Waals surface area contributed by atoms with Crippen molar-refractivity contribution >= 4 is 17.0 Å². The highest BCUT2D eigenvalue weighted by Crippen LogP contribution is 2.27. The summed E-state index contributed by atoms with van der Waals surface area (Å²) in [7, 11) is 5.12. The van der Waals surface area contributed by atoms with Gasteiger partial charge in [-0.05, 0) is 0 Å². The second kappa shape index (κ2) is 6.36. The van der Waals surface area contributed by atoms with Crippen LogP contribution in [0.1, 0.15) is 0 Å². The van der Waals surface area contributed by atoms with E-state index < -0.39 is 0 Å². The molecule has 23 heavy (non-hydrogen) atoms. The molecule has 3 rings (SSSR count). The molecule has 3 heterocycles. The van der Waals surface area contributed by atoms with Gasteiger partial charge in [0.2, 0.25) is 12.0 Å². The van der Waals surface area contributed by atoms with Gasteiger partial charge in [0.25, 0.3) is 5.82 Å². The average molecular weight is 323 g/mol. The molecule has 2 aromatic rings. The molecule has 9 nitrogen and oxygen atoms in total. The van der Waals surface area contributed by atoms with Gasteiger partial charge in [-0.15, -0.1) is 0 Å². The van der Waals surface area contributed by atoms with Crippen molar-refractivity contribution in [2.75, 3.05) is 26.5 Å². The van der Waals surface area contributed by atoms with E-state index >= 15 is 0 Å². The molecular formula is C14H23N6O3+. The molecule has 126 valence electrons. The molecule has 0 radical (unpaired) electrons. The van der Waals surface area contributed by atoms with E-state index in [-0.39, 0.29) is 24.4 Å². The van der Waals surface area contributed by atoms with Crippen LogP contribution >= 0.6 is 0 Å². The molecule has 4 N–H and O–H groups in total. The summed E-state index contributed by atoms with van der Waals surface area (Å²) in [5, 5.41) is 0. The van der Waals surface area contributed by atoms with Gasteiger partial charge >= 0.3 is 0 Å². The molecule has 0 spiro atoms. The molecule has 2 aromatic heterocycles. The first-order valence-corrected chi connectivity index (χ1v) is 7.46. The summed E-state index contributed by atoms with van der Waals surface area (Å²) in [5.74, 6) is 0.569. The SMILES string of the molecule is COC1C(CN)OC(Cn2cnc3c(N)[n+](C)cnc32)C1OC. The number of rotatable bonds is 5. The fourth-order valence-electron chi connectivity index (χ4n) is 3.10. The van der Waals surface area contributed by atoms with Crippen LogP contribution < -0.4 is 16.0 Å². The lowest BCUT2D eigenvalue weighted by molar-refractivity contribution is -0.658. The molecule has 0 amide bonds. The van der Waals surface area contributed by atoms with Crippen LogP contribution in [0.25, 0.3) is 11.2 Å².